The Morgan fingerprint density at radius 2 is 1.00 bits per heavy atom. The average molecular weight is 339 g/mol. The standard InChI is InChI=1S/C25H38/c1-6-12-19-17-11-18-24-22(15-9-4)20(13-7-2)21(14-8-3)23(16-10-5)25(19)24/h11,17-18H,6-10,12-16H2,1-5H3. The van der Waals surface area contributed by atoms with Crippen LogP contribution < -0.4 is 0 Å². The lowest BCUT2D eigenvalue weighted by atomic mass is 9.81. The van der Waals surface area contributed by atoms with Gasteiger partial charge in [0.1, 0.15) is 0 Å². The average Bonchev–Trinajstić information content (AvgIpc) is 2.61. The third kappa shape index (κ3) is 4.27. The van der Waals surface area contributed by atoms with E-state index >= 15 is 0 Å². The van der Waals surface area contributed by atoms with Crippen LogP contribution in [0.5, 0.6) is 0 Å². The van der Waals surface area contributed by atoms with Crippen molar-refractivity contribution in [2.75, 3.05) is 0 Å². The lowest BCUT2D eigenvalue weighted by Crippen LogP contribution is -2.08. The van der Waals surface area contributed by atoms with Gasteiger partial charge in [-0.05, 0) is 70.7 Å². The molecule has 25 heavy (non-hydrogen) atoms. The minimum atomic E-state index is 1.21. The van der Waals surface area contributed by atoms with Crippen molar-refractivity contribution in [2.24, 2.45) is 0 Å². The van der Waals surface area contributed by atoms with Crippen molar-refractivity contribution in [3.8, 4) is 0 Å². The van der Waals surface area contributed by atoms with E-state index in [9.17, 15) is 0 Å². The maximum absolute atomic E-state index is 2.41. The molecule has 0 aliphatic heterocycles. The van der Waals surface area contributed by atoms with Crippen LogP contribution >= 0.6 is 0 Å². The Bertz CT molecular complexity index is 678. The zero-order valence-corrected chi connectivity index (χ0v) is 17.3. The summed E-state index contributed by atoms with van der Waals surface area (Å²) >= 11 is 0. The number of hydrogen-bond acceptors (Lipinski definition) is 0. The molecule has 0 unspecified atom stereocenters. The first-order chi connectivity index (χ1) is 12.2. The van der Waals surface area contributed by atoms with Crippen LogP contribution in [-0.4, -0.2) is 0 Å². The molecule has 0 atom stereocenters. The van der Waals surface area contributed by atoms with E-state index in [1.807, 2.05) is 0 Å². The number of aryl methyl sites for hydroxylation is 3. The zero-order chi connectivity index (χ0) is 18.2. The molecule has 2 aromatic carbocycles. The Morgan fingerprint density at radius 3 is 1.56 bits per heavy atom. The van der Waals surface area contributed by atoms with Gasteiger partial charge in [-0.25, -0.2) is 0 Å². The van der Waals surface area contributed by atoms with Gasteiger partial charge < -0.3 is 0 Å². The fraction of sp³-hybridized carbons (Fsp3) is 0.600. The Balaban J connectivity index is 2.91. The molecule has 0 spiro atoms. The molecule has 0 aliphatic rings. The number of hydrogen-bond donors (Lipinski definition) is 0. The fourth-order valence-corrected chi connectivity index (χ4v) is 4.53. The maximum atomic E-state index is 2.41. The fourth-order valence-electron chi connectivity index (χ4n) is 4.53. The molecule has 0 saturated carbocycles. The zero-order valence-electron chi connectivity index (χ0n) is 17.3. The summed E-state index contributed by atoms with van der Waals surface area (Å²) in [5.74, 6) is 0. The molecule has 2 aromatic rings. The monoisotopic (exact) mass is 338 g/mol. The summed E-state index contributed by atoms with van der Waals surface area (Å²) < 4.78 is 0. The van der Waals surface area contributed by atoms with Crippen molar-refractivity contribution in [1.82, 2.24) is 0 Å². The molecular weight excluding hydrogens is 300 g/mol. The Kier molecular flexibility index (Phi) is 8.00. The van der Waals surface area contributed by atoms with E-state index in [0.717, 1.165) is 0 Å². The molecule has 0 amide bonds. The van der Waals surface area contributed by atoms with Crippen molar-refractivity contribution in [3.05, 3.63) is 46.0 Å². The maximum Gasteiger partial charge on any atom is -0.0114 e. The van der Waals surface area contributed by atoms with Gasteiger partial charge in [0.25, 0.3) is 0 Å². The Labute approximate surface area is 156 Å². The summed E-state index contributed by atoms with van der Waals surface area (Å²) in [6, 6.07) is 7.10. The molecule has 0 heterocycles. The number of fused-ring (bicyclic) bond motifs is 1. The van der Waals surface area contributed by atoms with Crippen LogP contribution in [0.2, 0.25) is 0 Å². The molecule has 0 aromatic heterocycles. The van der Waals surface area contributed by atoms with Crippen LogP contribution in [0.25, 0.3) is 10.8 Å². The SMILES string of the molecule is CCCc1c(CCC)c(CCC)c2c(CCC)cccc2c1CCC. The first kappa shape index (κ1) is 20.0. The third-order valence-electron chi connectivity index (χ3n) is 5.39. The van der Waals surface area contributed by atoms with Crippen LogP contribution in [0, 0.1) is 0 Å². The summed E-state index contributed by atoms with van der Waals surface area (Å²) in [4.78, 5) is 0. The van der Waals surface area contributed by atoms with Gasteiger partial charge in [-0.1, -0.05) is 84.9 Å². The first-order valence-electron chi connectivity index (χ1n) is 10.8. The minimum absolute atomic E-state index is 1.21. The molecule has 0 saturated heterocycles. The van der Waals surface area contributed by atoms with Crippen LogP contribution in [0.1, 0.15) is 94.5 Å². The highest BCUT2D eigenvalue weighted by atomic mass is 14.2. The highest BCUT2D eigenvalue weighted by Gasteiger charge is 2.19. The molecular formula is C25H38. The molecule has 0 radical (unpaired) electrons. The molecule has 2 rings (SSSR count). The van der Waals surface area contributed by atoms with Crippen molar-refractivity contribution in [3.63, 3.8) is 0 Å². The van der Waals surface area contributed by atoms with Gasteiger partial charge in [0.15, 0.2) is 0 Å². The number of benzene rings is 2. The predicted molar refractivity (Wildman–Crippen MR) is 114 cm³/mol. The van der Waals surface area contributed by atoms with Gasteiger partial charge in [-0.15, -0.1) is 0 Å². The summed E-state index contributed by atoms with van der Waals surface area (Å²) in [5, 5.41) is 3.19. The first-order valence-corrected chi connectivity index (χ1v) is 10.8. The van der Waals surface area contributed by atoms with Crippen LogP contribution in [0.3, 0.4) is 0 Å². The lowest BCUT2D eigenvalue weighted by Gasteiger charge is -2.24. The molecule has 0 fully saturated rings. The van der Waals surface area contributed by atoms with Gasteiger partial charge in [0.2, 0.25) is 0 Å². The van der Waals surface area contributed by atoms with Crippen LogP contribution in [-0.2, 0) is 32.1 Å². The van der Waals surface area contributed by atoms with Crippen LogP contribution in [0.4, 0.5) is 0 Å². The van der Waals surface area contributed by atoms with Gasteiger partial charge in [-0.2, -0.15) is 0 Å². The van der Waals surface area contributed by atoms with Gasteiger partial charge in [-0.3, -0.25) is 0 Å². The van der Waals surface area contributed by atoms with Gasteiger partial charge in [0, 0.05) is 0 Å². The van der Waals surface area contributed by atoms with E-state index in [-0.39, 0.29) is 0 Å². The normalized spacial score (nSPS) is 11.4. The van der Waals surface area contributed by atoms with Crippen molar-refractivity contribution < 1.29 is 0 Å². The van der Waals surface area contributed by atoms with E-state index < -0.39 is 0 Å². The van der Waals surface area contributed by atoms with E-state index in [2.05, 4.69) is 52.8 Å². The molecule has 0 bridgehead atoms. The Morgan fingerprint density at radius 1 is 0.520 bits per heavy atom. The van der Waals surface area contributed by atoms with Crippen molar-refractivity contribution >= 4 is 10.8 Å². The highest BCUT2D eigenvalue weighted by molar-refractivity contribution is 5.94. The lowest BCUT2D eigenvalue weighted by molar-refractivity contribution is 0.808. The quantitative estimate of drug-likeness (QED) is 0.418. The minimum Gasteiger partial charge on any atom is -0.0651 e. The smallest absolute Gasteiger partial charge is 0.0114 e. The highest BCUT2D eigenvalue weighted by Crippen LogP contribution is 2.36. The van der Waals surface area contributed by atoms with E-state index in [0.29, 0.717) is 0 Å². The van der Waals surface area contributed by atoms with E-state index in [1.165, 1.54) is 64.2 Å². The van der Waals surface area contributed by atoms with Gasteiger partial charge in [0.05, 0.1) is 0 Å². The van der Waals surface area contributed by atoms with Crippen molar-refractivity contribution in [2.45, 2.75) is 98.8 Å². The summed E-state index contributed by atoms with van der Waals surface area (Å²) in [5.41, 5.74) is 8.36. The number of rotatable bonds is 10. The van der Waals surface area contributed by atoms with Crippen LogP contribution in [0.15, 0.2) is 18.2 Å². The van der Waals surface area contributed by atoms with E-state index in [4.69, 9.17) is 0 Å². The largest absolute Gasteiger partial charge is 0.0651 e. The molecule has 0 aliphatic carbocycles. The summed E-state index contributed by atoms with van der Waals surface area (Å²) in [6.45, 7) is 11.7. The van der Waals surface area contributed by atoms with E-state index in [1.54, 1.807) is 38.6 Å². The molecule has 138 valence electrons. The second kappa shape index (κ2) is 10.00. The second-order valence-electron chi connectivity index (χ2n) is 7.50. The molecule has 0 heteroatoms. The predicted octanol–water partition coefficient (Wildman–Crippen LogP) is 7.60. The second-order valence-corrected chi connectivity index (χ2v) is 7.50. The topological polar surface area (TPSA) is 0 Å². The molecule has 0 N–H and O–H groups in total. The van der Waals surface area contributed by atoms with Crippen molar-refractivity contribution in [1.29, 1.82) is 0 Å². The molecule has 0 nitrogen and oxygen atoms in total. The summed E-state index contributed by atoms with van der Waals surface area (Å²) in [7, 11) is 0. The third-order valence-corrected chi connectivity index (χ3v) is 5.39. The Hall–Kier alpha value is -1.30. The van der Waals surface area contributed by atoms with Gasteiger partial charge >= 0.3 is 0 Å². The summed E-state index contributed by atoms with van der Waals surface area (Å²) in [6.07, 6.45) is 12.4.